The summed E-state index contributed by atoms with van der Waals surface area (Å²) in [6, 6.07) is 4.83. The Morgan fingerprint density at radius 1 is 1.16 bits per heavy atom. The molecule has 2 saturated heterocycles. The standard InChI is InChI=1S/C17H23FN2O4S/c1-13-12-19(10-11-24-13)17(21)14-6-8-20(9-7-14)25(22,23)16-4-2-15(18)3-5-16/h2-5,13-14H,6-12H2,1H3. The van der Waals surface area contributed by atoms with Crippen molar-refractivity contribution in [3.05, 3.63) is 30.1 Å². The molecule has 1 atom stereocenters. The molecule has 138 valence electrons. The Bertz CT molecular complexity index is 715. The van der Waals surface area contributed by atoms with Crippen molar-refractivity contribution < 1.29 is 22.3 Å². The lowest BCUT2D eigenvalue weighted by molar-refractivity contribution is -0.143. The third-order valence-electron chi connectivity index (χ3n) is 4.81. The van der Waals surface area contributed by atoms with Gasteiger partial charge >= 0.3 is 0 Å². The lowest BCUT2D eigenvalue weighted by atomic mass is 9.96. The minimum atomic E-state index is -3.64. The second-order valence-electron chi connectivity index (χ2n) is 6.60. The van der Waals surface area contributed by atoms with Crippen LogP contribution < -0.4 is 0 Å². The highest BCUT2D eigenvalue weighted by Gasteiger charge is 2.34. The van der Waals surface area contributed by atoms with Crippen molar-refractivity contribution in [3.63, 3.8) is 0 Å². The maximum Gasteiger partial charge on any atom is 0.243 e. The second-order valence-corrected chi connectivity index (χ2v) is 8.54. The van der Waals surface area contributed by atoms with Gasteiger partial charge in [0.15, 0.2) is 0 Å². The van der Waals surface area contributed by atoms with E-state index in [2.05, 4.69) is 0 Å². The van der Waals surface area contributed by atoms with Crippen LogP contribution in [0.3, 0.4) is 0 Å². The van der Waals surface area contributed by atoms with Crippen molar-refractivity contribution >= 4 is 15.9 Å². The molecule has 0 bridgehead atoms. The summed E-state index contributed by atoms with van der Waals surface area (Å²) in [6.45, 7) is 4.28. The molecule has 0 aliphatic carbocycles. The summed E-state index contributed by atoms with van der Waals surface area (Å²) in [5.41, 5.74) is 0. The average Bonchev–Trinajstić information content (AvgIpc) is 2.61. The predicted molar refractivity (Wildman–Crippen MR) is 89.9 cm³/mol. The average molecular weight is 370 g/mol. The molecule has 2 heterocycles. The molecule has 8 heteroatoms. The molecular formula is C17H23FN2O4S. The van der Waals surface area contributed by atoms with Gasteiger partial charge in [0, 0.05) is 32.1 Å². The van der Waals surface area contributed by atoms with Crippen LogP contribution in [0.4, 0.5) is 4.39 Å². The molecule has 2 aliphatic heterocycles. The van der Waals surface area contributed by atoms with Gasteiger partial charge in [0.1, 0.15) is 5.82 Å². The number of amides is 1. The molecule has 0 radical (unpaired) electrons. The summed E-state index contributed by atoms with van der Waals surface area (Å²) in [4.78, 5) is 14.5. The Morgan fingerprint density at radius 3 is 2.40 bits per heavy atom. The van der Waals surface area contributed by atoms with E-state index in [-0.39, 0.29) is 22.8 Å². The maximum atomic E-state index is 13.0. The van der Waals surface area contributed by atoms with Gasteiger partial charge in [-0.25, -0.2) is 12.8 Å². The number of carbonyl (C=O) groups excluding carboxylic acids is 1. The molecule has 1 unspecified atom stereocenters. The number of benzene rings is 1. The summed E-state index contributed by atoms with van der Waals surface area (Å²) in [7, 11) is -3.64. The molecule has 0 aromatic heterocycles. The molecule has 2 fully saturated rings. The monoisotopic (exact) mass is 370 g/mol. The first-order valence-corrected chi connectivity index (χ1v) is 9.98. The number of sulfonamides is 1. The summed E-state index contributed by atoms with van der Waals surface area (Å²) >= 11 is 0. The maximum absolute atomic E-state index is 13.0. The number of hydrogen-bond acceptors (Lipinski definition) is 4. The molecular weight excluding hydrogens is 347 g/mol. The Morgan fingerprint density at radius 2 is 1.80 bits per heavy atom. The zero-order valence-corrected chi connectivity index (χ0v) is 15.0. The highest BCUT2D eigenvalue weighted by molar-refractivity contribution is 7.89. The Labute approximate surface area is 147 Å². The van der Waals surface area contributed by atoms with E-state index >= 15 is 0 Å². The topological polar surface area (TPSA) is 66.9 Å². The summed E-state index contributed by atoms with van der Waals surface area (Å²) < 4.78 is 45.1. The molecule has 1 aromatic rings. The van der Waals surface area contributed by atoms with Crippen molar-refractivity contribution in [1.29, 1.82) is 0 Å². The van der Waals surface area contributed by atoms with Crippen LogP contribution in [0.5, 0.6) is 0 Å². The van der Waals surface area contributed by atoms with E-state index in [4.69, 9.17) is 4.74 Å². The SMILES string of the molecule is CC1CN(C(=O)C2CCN(S(=O)(=O)c3ccc(F)cc3)CC2)CCO1. The Balaban J connectivity index is 1.61. The number of piperidine rings is 1. The van der Waals surface area contributed by atoms with Crippen LogP contribution in [0.2, 0.25) is 0 Å². The fourth-order valence-electron chi connectivity index (χ4n) is 3.38. The lowest BCUT2D eigenvalue weighted by Gasteiger charge is -2.36. The van der Waals surface area contributed by atoms with Crippen molar-refractivity contribution in [3.8, 4) is 0 Å². The first-order valence-electron chi connectivity index (χ1n) is 8.54. The quantitative estimate of drug-likeness (QED) is 0.808. The minimum absolute atomic E-state index is 0.0386. The Hall–Kier alpha value is -1.51. The number of morpholine rings is 1. The first kappa shape index (κ1) is 18.3. The largest absolute Gasteiger partial charge is 0.375 e. The van der Waals surface area contributed by atoms with Crippen LogP contribution in [0.15, 0.2) is 29.2 Å². The third kappa shape index (κ3) is 4.02. The number of rotatable bonds is 3. The zero-order valence-electron chi connectivity index (χ0n) is 14.2. The summed E-state index contributed by atoms with van der Waals surface area (Å²) in [5.74, 6) is -0.526. The van der Waals surface area contributed by atoms with Gasteiger partial charge in [-0.05, 0) is 44.0 Å². The fourth-order valence-corrected chi connectivity index (χ4v) is 4.85. The number of carbonyl (C=O) groups is 1. The Kier molecular flexibility index (Phi) is 5.41. The predicted octanol–water partition coefficient (Wildman–Crippen LogP) is 1.47. The van der Waals surface area contributed by atoms with Crippen molar-refractivity contribution in [2.75, 3.05) is 32.8 Å². The number of ether oxygens (including phenoxy) is 1. The van der Waals surface area contributed by atoms with Crippen LogP contribution >= 0.6 is 0 Å². The van der Waals surface area contributed by atoms with Gasteiger partial charge < -0.3 is 9.64 Å². The van der Waals surface area contributed by atoms with E-state index in [0.717, 1.165) is 12.1 Å². The lowest BCUT2D eigenvalue weighted by Crippen LogP contribution is -2.49. The van der Waals surface area contributed by atoms with Gasteiger partial charge in [0.25, 0.3) is 0 Å². The molecule has 1 aromatic carbocycles. The molecule has 25 heavy (non-hydrogen) atoms. The number of nitrogens with zero attached hydrogens (tertiary/aromatic N) is 2. The first-order chi connectivity index (χ1) is 11.9. The molecule has 1 amide bonds. The molecule has 0 N–H and O–H groups in total. The highest BCUT2D eigenvalue weighted by Crippen LogP contribution is 2.25. The van der Waals surface area contributed by atoms with Crippen LogP contribution in [-0.4, -0.2) is 62.4 Å². The molecule has 6 nitrogen and oxygen atoms in total. The van der Waals surface area contributed by atoms with Crippen LogP contribution in [-0.2, 0) is 19.6 Å². The van der Waals surface area contributed by atoms with Crippen LogP contribution in [0.25, 0.3) is 0 Å². The van der Waals surface area contributed by atoms with E-state index in [1.54, 1.807) is 0 Å². The van der Waals surface area contributed by atoms with Crippen LogP contribution in [0.1, 0.15) is 19.8 Å². The summed E-state index contributed by atoms with van der Waals surface area (Å²) in [5, 5.41) is 0. The van der Waals surface area contributed by atoms with E-state index in [1.807, 2.05) is 11.8 Å². The minimum Gasteiger partial charge on any atom is -0.375 e. The number of halogens is 1. The smallest absolute Gasteiger partial charge is 0.243 e. The van der Waals surface area contributed by atoms with Crippen molar-refractivity contribution in [1.82, 2.24) is 9.21 Å². The third-order valence-corrected chi connectivity index (χ3v) is 6.72. The van der Waals surface area contributed by atoms with Gasteiger partial charge in [-0.2, -0.15) is 4.31 Å². The zero-order chi connectivity index (χ0) is 18.0. The second kappa shape index (κ2) is 7.39. The molecule has 0 spiro atoms. The van der Waals surface area contributed by atoms with Crippen molar-refractivity contribution in [2.45, 2.75) is 30.8 Å². The van der Waals surface area contributed by atoms with E-state index in [9.17, 15) is 17.6 Å². The fraction of sp³-hybridized carbons (Fsp3) is 0.588. The summed E-state index contributed by atoms with van der Waals surface area (Å²) in [6.07, 6.45) is 1.05. The normalized spacial score (nSPS) is 23.6. The van der Waals surface area contributed by atoms with Gasteiger partial charge in [-0.15, -0.1) is 0 Å². The van der Waals surface area contributed by atoms with Gasteiger partial charge in [-0.3, -0.25) is 4.79 Å². The van der Waals surface area contributed by atoms with Gasteiger partial charge in [-0.1, -0.05) is 0 Å². The van der Waals surface area contributed by atoms with E-state index < -0.39 is 15.8 Å². The van der Waals surface area contributed by atoms with E-state index in [0.29, 0.717) is 45.6 Å². The van der Waals surface area contributed by atoms with Crippen LogP contribution in [0, 0.1) is 11.7 Å². The molecule has 2 aliphatic rings. The van der Waals surface area contributed by atoms with Crippen molar-refractivity contribution in [2.24, 2.45) is 5.92 Å². The van der Waals surface area contributed by atoms with E-state index in [1.165, 1.54) is 16.4 Å². The van der Waals surface area contributed by atoms with Gasteiger partial charge in [0.05, 0.1) is 17.6 Å². The van der Waals surface area contributed by atoms with Gasteiger partial charge in [0.2, 0.25) is 15.9 Å². The highest BCUT2D eigenvalue weighted by atomic mass is 32.2. The number of hydrogen-bond donors (Lipinski definition) is 0. The molecule has 0 saturated carbocycles. The molecule has 3 rings (SSSR count).